The first-order chi connectivity index (χ1) is 9.60. The van der Waals surface area contributed by atoms with Gasteiger partial charge in [0.1, 0.15) is 5.75 Å². The van der Waals surface area contributed by atoms with Crippen LogP contribution in [0.1, 0.15) is 33.1 Å². The van der Waals surface area contributed by atoms with Crippen molar-refractivity contribution in [3.8, 4) is 5.75 Å². The lowest BCUT2D eigenvalue weighted by atomic mass is 9.78. The van der Waals surface area contributed by atoms with Crippen LogP contribution in [0, 0.1) is 11.8 Å². The van der Waals surface area contributed by atoms with Gasteiger partial charge in [0.25, 0.3) is 0 Å². The van der Waals surface area contributed by atoms with E-state index in [1.54, 1.807) is 12.1 Å². The van der Waals surface area contributed by atoms with Gasteiger partial charge in [-0.3, -0.25) is 4.79 Å². The van der Waals surface area contributed by atoms with Crippen molar-refractivity contribution in [2.24, 2.45) is 11.8 Å². The van der Waals surface area contributed by atoms with E-state index in [1.165, 1.54) is 0 Å². The summed E-state index contributed by atoms with van der Waals surface area (Å²) in [7, 11) is 0. The van der Waals surface area contributed by atoms with Crippen LogP contribution >= 0.6 is 0 Å². The lowest BCUT2D eigenvalue weighted by Crippen LogP contribution is -2.35. The number of hydrogen-bond donors (Lipinski definition) is 2. The summed E-state index contributed by atoms with van der Waals surface area (Å²) >= 11 is 0. The van der Waals surface area contributed by atoms with Crippen LogP contribution in [0.3, 0.4) is 0 Å². The smallest absolute Gasteiger partial charge is 0.309 e. The number of hydrogen-bond acceptors (Lipinski definition) is 4. The first-order valence-electron chi connectivity index (χ1n) is 7.32. The van der Waals surface area contributed by atoms with Crippen molar-refractivity contribution in [2.75, 3.05) is 11.9 Å². The number of phenols is 1. The van der Waals surface area contributed by atoms with Crippen molar-refractivity contribution in [2.45, 2.75) is 39.2 Å². The summed E-state index contributed by atoms with van der Waals surface area (Å²) in [5.74, 6) is 0.550. The van der Waals surface area contributed by atoms with Gasteiger partial charge in [0.05, 0.1) is 12.5 Å². The molecule has 0 heterocycles. The molecule has 1 aromatic rings. The van der Waals surface area contributed by atoms with Crippen molar-refractivity contribution >= 4 is 11.7 Å². The van der Waals surface area contributed by atoms with Gasteiger partial charge in [0.15, 0.2) is 0 Å². The first-order valence-corrected chi connectivity index (χ1v) is 7.32. The molecule has 4 nitrogen and oxygen atoms in total. The number of carbonyl (C=O) groups excluding carboxylic acids is 1. The van der Waals surface area contributed by atoms with Crippen LogP contribution in [-0.4, -0.2) is 23.7 Å². The summed E-state index contributed by atoms with van der Waals surface area (Å²) < 4.78 is 5.13. The van der Waals surface area contributed by atoms with E-state index >= 15 is 0 Å². The molecule has 110 valence electrons. The Hall–Kier alpha value is -1.71. The van der Waals surface area contributed by atoms with Crippen molar-refractivity contribution in [3.05, 3.63) is 24.3 Å². The van der Waals surface area contributed by atoms with Crippen LogP contribution < -0.4 is 5.32 Å². The number of aromatic hydroxyl groups is 1. The number of ether oxygens (including phenoxy) is 1. The number of rotatable bonds is 4. The molecule has 1 saturated carbocycles. The van der Waals surface area contributed by atoms with E-state index < -0.39 is 0 Å². The molecule has 0 radical (unpaired) electrons. The van der Waals surface area contributed by atoms with Gasteiger partial charge in [-0.15, -0.1) is 0 Å². The van der Waals surface area contributed by atoms with Gasteiger partial charge in [0, 0.05) is 17.8 Å². The Morgan fingerprint density at radius 3 is 2.90 bits per heavy atom. The summed E-state index contributed by atoms with van der Waals surface area (Å²) in [6.07, 6.45) is 2.75. The number of carbonyl (C=O) groups is 1. The molecular weight excluding hydrogens is 254 g/mol. The second-order valence-corrected chi connectivity index (χ2v) is 5.54. The molecule has 0 saturated heterocycles. The fourth-order valence-corrected chi connectivity index (χ4v) is 2.96. The standard InChI is InChI=1S/C16H23NO3/c1-3-20-16(19)15-8-7-13(9-11(15)2)17-12-5-4-6-14(18)10-12/h4-6,10-11,13,15,17-18H,3,7-9H2,1-2H3. The molecule has 2 rings (SSSR count). The highest BCUT2D eigenvalue weighted by Gasteiger charge is 2.33. The largest absolute Gasteiger partial charge is 0.508 e. The zero-order valence-electron chi connectivity index (χ0n) is 12.1. The van der Waals surface area contributed by atoms with Crippen molar-refractivity contribution < 1.29 is 14.6 Å². The summed E-state index contributed by atoms with van der Waals surface area (Å²) in [6.45, 7) is 4.41. The van der Waals surface area contributed by atoms with E-state index in [9.17, 15) is 9.90 Å². The zero-order valence-corrected chi connectivity index (χ0v) is 12.1. The highest BCUT2D eigenvalue weighted by molar-refractivity contribution is 5.73. The molecule has 1 aromatic carbocycles. The minimum Gasteiger partial charge on any atom is -0.508 e. The van der Waals surface area contributed by atoms with E-state index in [2.05, 4.69) is 12.2 Å². The van der Waals surface area contributed by atoms with Gasteiger partial charge < -0.3 is 15.2 Å². The highest BCUT2D eigenvalue weighted by Crippen LogP contribution is 2.32. The molecule has 2 N–H and O–H groups in total. The molecule has 0 bridgehead atoms. The average Bonchev–Trinajstić information content (AvgIpc) is 2.39. The molecule has 0 spiro atoms. The lowest BCUT2D eigenvalue weighted by Gasteiger charge is -2.33. The molecule has 3 atom stereocenters. The number of benzene rings is 1. The molecule has 4 heteroatoms. The maximum Gasteiger partial charge on any atom is 0.309 e. The molecule has 1 aliphatic rings. The van der Waals surface area contributed by atoms with Crippen LogP contribution in [0.25, 0.3) is 0 Å². The number of anilines is 1. The Morgan fingerprint density at radius 2 is 2.25 bits per heavy atom. The summed E-state index contributed by atoms with van der Waals surface area (Å²) in [5, 5.41) is 12.9. The molecule has 1 aliphatic carbocycles. The molecule has 20 heavy (non-hydrogen) atoms. The van der Waals surface area contributed by atoms with Crippen LogP contribution in [0.15, 0.2) is 24.3 Å². The predicted octanol–water partition coefficient (Wildman–Crippen LogP) is 3.17. The molecule has 3 unspecified atom stereocenters. The Kier molecular flexibility index (Phi) is 4.88. The van der Waals surface area contributed by atoms with E-state index in [0.29, 0.717) is 18.6 Å². The van der Waals surface area contributed by atoms with E-state index in [0.717, 1.165) is 24.9 Å². The molecule has 0 aliphatic heterocycles. The van der Waals surface area contributed by atoms with Crippen LogP contribution in [-0.2, 0) is 9.53 Å². The number of phenolic OH excluding ortho intramolecular Hbond substituents is 1. The Labute approximate surface area is 120 Å². The topological polar surface area (TPSA) is 58.6 Å². The van der Waals surface area contributed by atoms with Gasteiger partial charge in [-0.2, -0.15) is 0 Å². The molecule has 0 aromatic heterocycles. The molecule has 0 amide bonds. The second kappa shape index (κ2) is 6.64. The van der Waals surface area contributed by atoms with Gasteiger partial charge in [-0.05, 0) is 44.2 Å². The quantitative estimate of drug-likeness (QED) is 0.830. The van der Waals surface area contributed by atoms with Gasteiger partial charge in [-0.1, -0.05) is 13.0 Å². The first kappa shape index (κ1) is 14.7. The molecule has 1 fully saturated rings. The fraction of sp³-hybridized carbons (Fsp3) is 0.562. The van der Waals surface area contributed by atoms with Crippen LogP contribution in [0.4, 0.5) is 5.69 Å². The normalized spacial score (nSPS) is 26.0. The Morgan fingerprint density at radius 1 is 1.45 bits per heavy atom. The summed E-state index contributed by atoms with van der Waals surface area (Å²) in [6, 6.07) is 7.50. The van der Waals surface area contributed by atoms with E-state index in [-0.39, 0.29) is 17.6 Å². The Bertz CT molecular complexity index is 461. The van der Waals surface area contributed by atoms with Gasteiger partial charge in [-0.25, -0.2) is 0 Å². The predicted molar refractivity (Wildman–Crippen MR) is 78.7 cm³/mol. The molecular formula is C16H23NO3. The third kappa shape index (κ3) is 3.65. The summed E-state index contributed by atoms with van der Waals surface area (Å²) in [4.78, 5) is 11.8. The van der Waals surface area contributed by atoms with Crippen molar-refractivity contribution in [3.63, 3.8) is 0 Å². The third-order valence-electron chi connectivity index (χ3n) is 3.98. The average molecular weight is 277 g/mol. The van der Waals surface area contributed by atoms with E-state index in [1.807, 2.05) is 19.1 Å². The van der Waals surface area contributed by atoms with E-state index in [4.69, 9.17) is 4.74 Å². The SMILES string of the molecule is CCOC(=O)C1CCC(Nc2cccc(O)c2)CC1C. The second-order valence-electron chi connectivity index (χ2n) is 5.54. The minimum atomic E-state index is -0.0594. The lowest BCUT2D eigenvalue weighted by molar-refractivity contribution is -0.151. The maximum absolute atomic E-state index is 11.8. The summed E-state index contributed by atoms with van der Waals surface area (Å²) in [5.41, 5.74) is 0.928. The maximum atomic E-state index is 11.8. The number of nitrogens with one attached hydrogen (secondary N) is 1. The fourth-order valence-electron chi connectivity index (χ4n) is 2.96. The monoisotopic (exact) mass is 277 g/mol. The minimum absolute atomic E-state index is 0.0252. The van der Waals surface area contributed by atoms with Gasteiger partial charge in [0.2, 0.25) is 0 Å². The number of esters is 1. The van der Waals surface area contributed by atoms with Crippen LogP contribution in [0.5, 0.6) is 5.75 Å². The Balaban J connectivity index is 1.90. The zero-order chi connectivity index (χ0) is 14.5. The third-order valence-corrected chi connectivity index (χ3v) is 3.98. The van der Waals surface area contributed by atoms with Crippen molar-refractivity contribution in [1.82, 2.24) is 0 Å². The van der Waals surface area contributed by atoms with Crippen LogP contribution in [0.2, 0.25) is 0 Å². The highest BCUT2D eigenvalue weighted by atomic mass is 16.5. The van der Waals surface area contributed by atoms with Crippen molar-refractivity contribution in [1.29, 1.82) is 0 Å². The van der Waals surface area contributed by atoms with Gasteiger partial charge >= 0.3 is 5.97 Å².